The Morgan fingerprint density at radius 1 is 1.30 bits per heavy atom. The fourth-order valence-electron chi connectivity index (χ4n) is 3.07. The SMILES string of the molecule is CC(C)c1ccc(-c2noc(CN3CCC(C)(CN)C3)n2)cc1. The molecule has 2 N–H and O–H groups in total. The van der Waals surface area contributed by atoms with Crippen LogP contribution in [0.3, 0.4) is 0 Å². The van der Waals surface area contributed by atoms with Crippen molar-refractivity contribution in [3.63, 3.8) is 0 Å². The fraction of sp³-hybridized carbons (Fsp3) is 0.556. The molecule has 0 bridgehead atoms. The third-order valence-electron chi connectivity index (χ3n) is 4.79. The van der Waals surface area contributed by atoms with Crippen molar-refractivity contribution < 1.29 is 4.52 Å². The number of hydrogen-bond acceptors (Lipinski definition) is 5. The molecule has 1 fully saturated rings. The van der Waals surface area contributed by atoms with Crippen LogP contribution in [0.1, 0.15) is 44.6 Å². The second-order valence-corrected chi connectivity index (χ2v) is 7.26. The van der Waals surface area contributed by atoms with Crippen LogP contribution >= 0.6 is 0 Å². The standard InChI is InChI=1S/C18H26N4O/c1-13(2)14-4-6-15(7-5-14)17-20-16(23-21-17)10-22-9-8-18(3,11-19)12-22/h4-7,13H,8-12,19H2,1-3H3. The number of hydrogen-bond donors (Lipinski definition) is 1. The molecule has 0 amide bonds. The van der Waals surface area contributed by atoms with E-state index in [4.69, 9.17) is 10.3 Å². The molecule has 1 aliphatic heterocycles. The number of nitrogens with two attached hydrogens (primary N) is 1. The van der Waals surface area contributed by atoms with E-state index in [0.717, 1.165) is 31.6 Å². The van der Waals surface area contributed by atoms with Gasteiger partial charge in [-0.1, -0.05) is 50.2 Å². The lowest BCUT2D eigenvalue weighted by atomic mass is 9.90. The summed E-state index contributed by atoms with van der Waals surface area (Å²) in [5, 5.41) is 4.12. The van der Waals surface area contributed by atoms with Crippen LogP contribution in [0.4, 0.5) is 0 Å². The van der Waals surface area contributed by atoms with Gasteiger partial charge in [-0.3, -0.25) is 4.90 Å². The minimum absolute atomic E-state index is 0.218. The van der Waals surface area contributed by atoms with Crippen LogP contribution in [0.5, 0.6) is 0 Å². The Morgan fingerprint density at radius 2 is 2.04 bits per heavy atom. The van der Waals surface area contributed by atoms with Crippen LogP contribution in [0.2, 0.25) is 0 Å². The number of aromatic nitrogens is 2. The molecule has 0 spiro atoms. The van der Waals surface area contributed by atoms with Gasteiger partial charge in [0.2, 0.25) is 11.7 Å². The first-order valence-electron chi connectivity index (χ1n) is 8.34. The van der Waals surface area contributed by atoms with Crippen molar-refractivity contribution in [1.82, 2.24) is 15.0 Å². The normalized spacial score (nSPS) is 22.1. The third-order valence-corrected chi connectivity index (χ3v) is 4.79. The van der Waals surface area contributed by atoms with Gasteiger partial charge in [-0.15, -0.1) is 0 Å². The van der Waals surface area contributed by atoms with Gasteiger partial charge in [-0.2, -0.15) is 4.98 Å². The van der Waals surface area contributed by atoms with Crippen molar-refractivity contribution in [1.29, 1.82) is 0 Å². The predicted octanol–water partition coefficient (Wildman–Crippen LogP) is 3.03. The van der Waals surface area contributed by atoms with Gasteiger partial charge >= 0.3 is 0 Å². The maximum Gasteiger partial charge on any atom is 0.241 e. The van der Waals surface area contributed by atoms with Crippen molar-refractivity contribution >= 4 is 0 Å². The average Bonchev–Trinajstić information content (AvgIpc) is 3.15. The van der Waals surface area contributed by atoms with Gasteiger partial charge in [-0.25, -0.2) is 0 Å². The second kappa shape index (κ2) is 6.42. The fourth-order valence-corrected chi connectivity index (χ4v) is 3.07. The molecule has 1 atom stereocenters. The number of nitrogens with zero attached hydrogens (tertiary/aromatic N) is 3. The van der Waals surface area contributed by atoms with Gasteiger partial charge in [0.1, 0.15) is 0 Å². The highest BCUT2D eigenvalue weighted by Crippen LogP contribution is 2.29. The van der Waals surface area contributed by atoms with E-state index in [9.17, 15) is 0 Å². The monoisotopic (exact) mass is 314 g/mol. The Kier molecular flexibility index (Phi) is 4.50. The summed E-state index contributed by atoms with van der Waals surface area (Å²) in [6.07, 6.45) is 1.13. The summed E-state index contributed by atoms with van der Waals surface area (Å²) >= 11 is 0. The third kappa shape index (κ3) is 3.62. The lowest BCUT2D eigenvalue weighted by molar-refractivity contribution is 0.239. The Bertz CT molecular complexity index is 649. The second-order valence-electron chi connectivity index (χ2n) is 7.26. The van der Waals surface area contributed by atoms with Crippen LogP contribution < -0.4 is 5.73 Å². The molecule has 1 aromatic carbocycles. The zero-order valence-corrected chi connectivity index (χ0v) is 14.2. The highest BCUT2D eigenvalue weighted by Gasteiger charge is 2.33. The molecule has 5 nitrogen and oxygen atoms in total. The molecule has 2 heterocycles. The topological polar surface area (TPSA) is 68.2 Å². The summed E-state index contributed by atoms with van der Waals surface area (Å²) in [5.74, 6) is 1.86. The van der Waals surface area contributed by atoms with Gasteiger partial charge in [0.15, 0.2) is 0 Å². The van der Waals surface area contributed by atoms with E-state index < -0.39 is 0 Å². The Hall–Kier alpha value is -1.72. The summed E-state index contributed by atoms with van der Waals surface area (Å²) < 4.78 is 5.43. The van der Waals surface area contributed by atoms with Crippen molar-refractivity contribution in [3.8, 4) is 11.4 Å². The number of rotatable bonds is 5. The summed E-state index contributed by atoms with van der Waals surface area (Å²) in [7, 11) is 0. The summed E-state index contributed by atoms with van der Waals surface area (Å²) in [5.41, 5.74) is 8.39. The van der Waals surface area contributed by atoms with Crippen molar-refractivity contribution in [2.45, 2.75) is 39.7 Å². The molecular weight excluding hydrogens is 288 g/mol. The van der Waals surface area contributed by atoms with Crippen LogP contribution in [0, 0.1) is 5.41 Å². The quantitative estimate of drug-likeness (QED) is 0.918. The van der Waals surface area contributed by atoms with Crippen LogP contribution in [-0.4, -0.2) is 34.7 Å². The summed E-state index contributed by atoms with van der Waals surface area (Å²) in [4.78, 5) is 6.88. The number of benzene rings is 1. The van der Waals surface area contributed by atoms with E-state index in [1.54, 1.807) is 0 Å². The van der Waals surface area contributed by atoms with Crippen molar-refractivity contribution in [2.24, 2.45) is 11.1 Å². The van der Waals surface area contributed by atoms with E-state index in [0.29, 0.717) is 24.2 Å². The first-order valence-corrected chi connectivity index (χ1v) is 8.34. The van der Waals surface area contributed by atoms with Gasteiger partial charge in [0.25, 0.3) is 0 Å². The Balaban J connectivity index is 1.66. The van der Waals surface area contributed by atoms with Crippen molar-refractivity contribution in [3.05, 3.63) is 35.7 Å². The predicted molar refractivity (Wildman–Crippen MR) is 90.9 cm³/mol. The Labute approximate surface area is 137 Å². The van der Waals surface area contributed by atoms with Crippen LogP contribution in [0.15, 0.2) is 28.8 Å². The molecule has 2 aromatic rings. The largest absolute Gasteiger partial charge is 0.338 e. The number of likely N-dealkylation sites (tertiary alicyclic amines) is 1. The lowest BCUT2D eigenvalue weighted by Crippen LogP contribution is -2.31. The molecule has 1 aromatic heterocycles. The first kappa shape index (κ1) is 16.1. The maximum atomic E-state index is 5.86. The molecule has 1 aliphatic rings. The highest BCUT2D eigenvalue weighted by atomic mass is 16.5. The van der Waals surface area contributed by atoms with Gasteiger partial charge < -0.3 is 10.3 Å². The molecule has 124 valence electrons. The van der Waals surface area contributed by atoms with Crippen molar-refractivity contribution in [2.75, 3.05) is 19.6 Å². The van der Waals surface area contributed by atoms with Crippen LogP contribution in [0.25, 0.3) is 11.4 Å². The lowest BCUT2D eigenvalue weighted by Gasteiger charge is -2.21. The van der Waals surface area contributed by atoms with E-state index in [-0.39, 0.29) is 5.41 Å². The molecule has 0 radical (unpaired) electrons. The minimum atomic E-state index is 0.218. The maximum absolute atomic E-state index is 5.86. The van der Waals surface area contributed by atoms with Gasteiger partial charge in [-0.05, 0) is 36.4 Å². The average molecular weight is 314 g/mol. The smallest absolute Gasteiger partial charge is 0.241 e. The van der Waals surface area contributed by atoms with E-state index in [1.807, 2.05) is 0 Å². The molecule has 1 saturated heterocycles. The molecule has 23 heavy (non-hydrogen) atoms. The zero-order valence-electron chi connectivity index (χ0n) is 14.2. The van der Waals surface area contributed by atoms with Gasteiger partial charge in [0, 0.05) is 12.1 Å². The first-order chi connectivity index (χ1) is 11.0. The van der Waals surface area contributed by atoms with Crippen LogP contribution in [-0.2, 0) is 6.54 Å². The molecule has 5 heteroatoms. The molecule has 1 unspecified atom stereocenters. The molecular formula is C18H26N4O. The van der Waals surface area contributed by atoms with E-state index in [2.05, 4.69) is 60.1 Å². The molecule has 0 aliphatic carbocycles. The van der Waals surface area contributed by atoms with Gasteiger partial charge in [0.05, 0.1) is 6.54 Å². The minimum Gasteiger partial charge on any atom is -0.338 e. The van der Waals surface area contributed by atoms with E-state index >= 15 is 0 Å². The summed E-state index contributed by atoms with van der Waals surface area (Å²) in [6.45, 7) is 10.1. The zero-order chi connectivity index (χ0) is 16.4. The molecule has 0 saturated carbocycles. The highest BCUT2D eigenvalue weighted by molar-refractivity contribution is 5.54. The summed E-state index contributed by atoms with van der Waals surface area (Å²) in [6, 6.07) is 8.38. The van der Waals surface area contributed by atoms with E-state index in [1.165, 1.54) is 5.56 Å². The molecule has 3 rings (SSSR count). The Morgan fingerprint density at radius 3 is 2.65 bits per heavy atom.